The second kappa shape index (κ2) is 4.13. The molecule has 0 bridgehead atoms. The minimum atomic E-state index is -0.167. The fourth-order valence-electron chi connectivity index (χ4n) is 1.33. The van der Waals surface area contributed by atoms with Crippen LogP contribution < -0.4 is 5.73 Å². The monoisotopic (exact) mass is 196 g/mol. The van der Waals surface area contributed by atoms with E-state index >= 15 is 0 Å². The van der Waals surface area contributed by atoms with Gasteiger partial charge in [-0.05, 0) is 6.92 Å². The number of hydrogen-bond acceptors (Lipinski definition) is 3. The highest BCUT2D eigenvalue weighted by Gasteiger charge is 2.15. The van der Waals surface area contributed by atoms with Crippen LogP contribution in [0.15, 0.2) is 17.5 Å². The number of amidine groups is 1. The van der Waals surface area contributed by atoms with E-state index in [4.69, 9.17) is 10.9 Å². The van der Waals surface area contributed by atoms with Crippen molar-refractivity contribution in [3.63, 3.8) is 0 Å². The molecule has 0 saturated heterocycles. The first-order valence-electron chi connectivity index (χ1n) is 4.58. The van der Waals surface area contributed by atoms with Crippen LogP contribution in [-0.2, 0) is 0 Å². The number of nitrogens with two attached hydrogens (primary N) is 1. The Balaban J connectivity index is 3.01. The van der Waals surface area contributed by atoms with Crippen LogP contribution in [0.5, 0.6) is 0 Å². The van der Waals surface area contributed by atoms with Crippen molar-refractivity contribution < 1.29 is 5.21 Å². The zero-order chi connectivity index (χ0) is 10.7. The molecule has 1 aromatic rings. The van der Waals surface area contributed by atoms with Gasteiger partial charge in [-0.25, -0.2) is 4.98 Å². The van der Waals surface area contributed by atoms with E-state index in [1.54, 1.807) is 6.20 Å². The Labute approximate surface area is 83.2 Å². The lowest BCUT2D eigenvalue weighted by Gasteiger charge is -2.16. The molecule has 78 valence electrons. The third-order valence-electron chi connectivity index (χ3n) is 2.18. The third-order valence-corrected chi connectivity index (χ3v) is 2.18. The lowest BCUT2D eigenvalue weighted by atomic mass is 10.2. The average molecular weight is 196 g/mol. The maximum absolute atomic E-state index is 8.56. The summed E-state index contributed by atoms with van der Waals surface area (Å²) in [7, 11) is 0. The zero-order valence-corrected chi connectivity index (χ0v) is 8.68. The highest BCUT2D eigenvalue weighted by atomic mass is 16.4. The number of hydrogen-bond donors (Lipinski definition) is 2. The van der Waals surface area contributed by atoms with Crippen molar-refractivity contribution in [2.75, 3.05) is 0 Å². The standard InChI is InChI=1S/C9H16N4O/c1-6(2)9-11-4-5-13(9)7(3)8(10)12-14/h4-7,14H,1-3H3,(H2,10,12). The number of aromatic nitrogens is 2. The summed E-state index contributed by atoms with van der Waals surface area (Å²) in [6.07, 6.45) is 3.55. The summed E-state index contributed by atoms with van der Waals surface area (Å²) >= 11 is 0. The highest BCUT2D eigenvalue weighted by Crippen LogP contribution is 2.16. The summed E-state index contributed by atoms with van der Waals surface area (Å²) in [6, 6.07) is -0.167. The SMILES string of the molecule is CC(C)c1nccn1C(C)/C(N)=N/O. The first kappa shape index (κ1) is 10.6. The Kier molecular flexibility index (Phi) is 3.11. The van der Waals surface area contributed by atoms with Crippen molar-refractivity contribution in [2.45, 2.75) is 32.7 Å². The molecule has 1 rings (SSSR count). The van der Waals surface area contributed by atoms with Crippen LogP contribution in [0.3, 0.4) is 0 Å². The van der Waals surface area contributed by atoms with E-state index in [1.807, 2.05) is 17.7 Å². The van der Waals surface area contributed by atoms with Crippen molar-refractivity contribution in [1.82, 2.24) is 9.55 Å². The molecule has 0 spiro atoms. The molecule has 0 fully saturated rings. The van der Waals surface area contributed by atoms with Gasteiger partial charge in [0.2, 0.25) is 0 Å². The molecule has 1 unspecified atom stereocenters. The minimum Gasteiger partial charge on any atom is -0.409 e. The fraction of sp³-hybridized carbons (Fsp3) is 0.556. The first-order valence-corrected chi connectivity index (χ1v) is 4.58. The summed E-state index contributed by atoms with van der Waals surface area (Å²) in [5.74, 6) is 1.44. The van der Waals surface area contributed by atoms with Crippen molar-refractivity contribution in [1.29, 1.82) is 0 Å². The molecule has 0 radical (unpaired) electrons. The van der Waals surface area contributed by atoms with Gasteiger partial charge in [-0.15, -0.1) is 0 Å². The Hall–Kier alpha value is -1.52. The molecular formula is C9H16N4O. The molecule has 0 aromatic carbocycles. The van der Waals surface area contributed by atoms with Gasteiger partial charge in [-0.1, -0.05) is 19.0 Å². The molecule has 5 nitrogen and oxygen atoms in total. The second-order valence-corrected chi connectivity index (χ2v) is 3.55. The summed E-state index contributed by atoms with van der Waals surface area (Å²) in [4.78, 5) is 4.22. The van der Waals surface area contributed by atoms with Crippen LogP contribution in [0.4, 0.5) is 0 Å². The Morgan fingerprint density at radius 2 is 2.21 bits per heavy atom. The van der Waals surface area contributed by atoms with E-state index < -0.39 is 0 Å². The number of oxime groups is 1. The predicted molar refractivity (Wildman–Crippen MR) is 54.4 cm³/mol. The average Bonchev–Trinajstić information content (AvgIpc) is 2.63. The lowest BCUT2D eigenvalue weighted by Crippen LogP contribution is -2.25. The largest absolute Gasteiger partial charge is 0.409 e. The number of rotatable bonds is 3. The minimum absolute atomic E-state index is 0.167. The van der Waals surface area contributed by atoms with E-state index in [2.05, 4.69) is 24.0 Å². The maximum atomic E-state index is 8.56. The number of nitrogens with zero attached hydrogens (tertiary/aromatic N) is 3. The number of imidazole rings is 1. The maximum Gasteiger partial charge on any atom is 0.162 e. The Bertz CT molecular complexity index is 329. The molecule has 5 heteroatoms. The fourth-order valence-corrected chi connectivity index (χ4v) is 1.33. The van der Waals surface area contributed by atoms with Crippen molar-refractivity contribution in [3.05, 3.63) is 18.2 Å². The topological polar surface area (TPSA) is 76.4 Å². The van der Waals surface area contributed by atoms with E-state index in [0.29, 0.717) is 5.92 Å². The Morgan fingerprint density at radius 1 is 1.57 bits per heavy atom. The van der Waals surface area contributed by atoms with Crippen LogP contribution >= 0.6 is 0 Å². The normalized spacial score (nSPS) is 14.7. The van der Waals surface area contributed by atoms with Gasteiger partial charge in [0.1, 0.15) is 5.82 Å². The van der Waals surface area contributed by atoms with Gasteiger partial charge in [0.15, 0.2) is 5.84 Å². The molecule has 0 aliphatic carbocycles. The molecule has 0 saturated carbocycles. The second-order valence-electron chi connectivity index (χ2n) is 3.55. The Morgan fingerprint density at radius 3 is 2.71 bits per heavy atom. The van der Waals surface area contributed by atoms with Crippen molar-refractivity contribution in [2.24, 2.45) is 10.9 Å². The highest BCUT2D eigenvalue weighted by molar-refractivity contribution is 5.83. The molecule has 0 aliphatic heterocycles. The van der Waals surface area contributed by atoms with Gasteiger partial charge in [0, 0.05) is 18.3 Å². The predicted octanol–water partition coefficient (Wildman–Crippen LogP) is 1.31. The lowest BCUT2D eigenvalue weighted by molar-refractivity contribution is 0.314. The van der Waals surface area contributed by atoms with Gasteiger partial charge in [-0.3, -0.25) is 0 Å². The quantitative estimate of drug-likeness (QED) is 0.331. The summed E-state index contributed by atoms with van der Waals surface area (Å²) in [5.41, 5.74) is 5.53. The van der Waals surface area contributed by atoms with Crippen LogP contribution in [0, 0.1) is 0 Å². The van der Waals surface area contributed by atoms with Crippen molar-refractivity contribution >= 4 is 5.84 Å². The smallest absolute Gasteiger partial charge is 0.162 e. The molecule has 1 aromatic heterocycles. The summed E-state index contributed by atoms with van der Waals surface area (Å²) in [5, 5.41) is 11.6. The van der Waals surface area contributed by atoms with Crippen LogP contribution in [0.2, 0.25) is 0 Å². The summed E-state index contributed by atoms with van der Waals surface area (Å²) < 4.78 is 1.90. The van der Waals surface area contributed by atoms with E-state index in [0.717, 1.165) is 5.82 Å². The molecule has 1 heterocycles. The molecule has 0 amide bonds. The molecule has 3 N–H and O–H groups in total. The van der Waals surface area contributed by atoms with Gasteiger partial charge < -0.3 is 15.5 Å². The van der Waals surface area contributed by atoms with E-state index in [-0.39, 0.29) is 11.9 Å². The zero-order valence-electron chi connectivity index (χ0n) is 8.68. The van der Waals surface area contributed by atoms with Gasteiger partial charge in [0.05, 0.1) is 6.04 Å². The molecule has 0 aliphatic rings. The van der Waals surface area contributed by atoms with Gasteiger partial charge in [-0.2, -0.15) is 0 Å². The third kappa shape index (κ3) is 1.86. The molecular weight excluding hydrogens is 180 g/mol. The summed E-state index contributed by atoms with van der Waals surface area (Å²) in [6.45, 7) is 5.97. The van der Waals surface area contributed by atoms with E-state index in [9.17, 15) is 0 Å². The first-order chi connectivity index (χ1) is 6.57. The van der Waals surface area contributed by atoms with Crippen LogP contribution in [-0.4, -0.2) is 20.6 Å². The van der Waals surface area contributed by atoms with Crippen molar-refractivity contribution in [3.8, 4) is 0 Å². The van der Waals surface area contributed by atoms with E-state index in [1.165, 1.54) is 0 Å². The molecule has 14 heavy (non-hydrogen) atoms. The van der Waals surface area contributed by atoms with Gasteiger partial charge >= 0.3 is 0 Å². The van der Waals surface area contributed by atoms with Crippen LogP contribution in [0.1, 0.15) is 38.6 Å². The molecule has 1 atom stereocenters. The van der Waals surface area contributed by atoms with Crippen LogP contribution in [0.25, 0.3) is 0 Å². The van der Waals surface area contributed by atoms with Gasteiger partial charge in [0.25, 0.3) is 0 Å².